The van der Waals surface area contributed by atoms with Gasteiger partial charge in [0.15, 0.2) is 0 Å². The summed E-state index contributed by atoms with van der Waals surface area (Å²) in [6.07, 6.45) is 8.78. The van der Waals surface area contributed by atoms with Gasteiger partial charge in [0.1, 0.15) is 10.8 Å². The molecule has 0 spiro atoms. The van der Waals surface area contributed by atoms with Gasteiger partial charge in [0.05, 0.1) is 31.5 Å². The standard InChI is InChI=1S/C26H35N3O3S/c1-4-19-14-20(23-15-29-25(16-28-23)33-11-10-26(30)31-5-2)12-18(3)13-22(27)21-8-6-7-9-24(21)32-17-19/h4,6-9,15-16,18-20,22H,1,5,10-14,17,27H2,2-3H3/t18-,19?,20?,22?/m1/s1. The zero-order valence-corrected chi connectivity index (χ0v) is 20.4. The van der Waals surface area contributed by atoms with Crippen molar-refractivity contribution >= 4 is 17.7 Å². The second kappa shape index (κ2) is 12.8. The lowest BCUT2D eigenvalue weighted by atomic mass is 9.83. The Morgan fingerprint density at radius 3 is 2.82 bits per heavy atom. The number of hydrogen-bond acceptors (Lipinski definition) is 7. The molecule has 4 atom stereocenters. The summed E-state index contributed by atoms with van der Waals surface area (Å²) in [5, 5.41) is 0.814. The van der Waals surface area contributed by atoms with Crippen LogP contribution in [0.5, 0.6) is 5.75 Å². The summed E-state index contributed by atoms with van der Waals surface area (Å²) in [7, 11) is 0. The molecular weight excluding hydrogens is 434 g/mol. The third kappa shape index (κ3) is 7.57. The van der Waals surface area contributed by atoms with Crippen LogP contribution in [0.25, 0.3) is 0 Å². The van der Waals surface area contributed by atoms with Crippen molar-refractivity contribution in [1.29, 1.82) is 0 Å². The molecule has 0 aliphatic carbocycles. The summed E-state index contributed by atoms with van der Waals surface area (Å²) in [4.78, 5) is 20.9. The van der Waals surface area contributed by atoms with Crippen molar-refractivity contribution in [1.82, 2.24) is 9.97 Å². The van der Waals surface area contributed by atoms with E-state index < -0.39 is 0 Å². The lowest BCUT2D eigenvalue weighted by Crippen LogP contribution is -2.17. The average Bonchev–Trinajstić information content (AvgIpc) is 2.83. The Bertz CT molecular complexity index is 906. The fourth-order valence-electron chi connectivity index (χ4n) is 4.28. The molecule has 3 rings (SSSR count). The van der Waals surface area contributed by atoms with Crippen LogP contribution in [0, 0.1) is 11.8 Å². The summed E-state index contributed by atoms with van der Waals surface area (Å²) in [6, 6.07) is 8.00. The summed E-state index contributed by atoms with van der Waals surface area (Å²) in [6.45, 7) is 9.08. The van der Waals surface area contributed by atoms with E-state index in [0.717, 1.165) is 41.3 Å². The fourth-order valence-corrected chi connectivity index (χ4v) is 5.01. The van der Waals surface area contributed by atoms with Gasteiger partial charge in [-0.2, -0.15) is 0 Å². The van der Waals surface area contributed by atoms with Gasteiger partial charge in [-0.05, 0) is 38.2 Å². The Labute approximate surface area is 201 Å². The molecule has 178 valence electrons. The summed E-state index contributed by atoms with van der Waals surface area (Å²) in [5.41, 5.74) is 8.62. The number of carbonyl (C=O) groups is 1. The number of hydrogen-bond donors (Lipinski definition) is 1. The van der Waals surface area contributed by atoms with Gasteiger partial charge >= 0.3 is 5.97 Å². The van der Waals surface area contributed by atoms with Crippen LogP contribution in [-0.4, -0.2) is 34.9 Å². The van der Waals surface area contributed by atoms with E-state index in [1.165, 1.54) is 11.8 Å². The first-order chi connectivity index (χ1) is 16.0. The molecule has 0 radical (unpaired) electrons. The van der Waals surface area contributed by atoms with Crippen LogP contribution in [0.15, 0.2) is 54.3 Å². The highest BCUT2D eigenvalue weighted by atomic mass is 32.2. The molecular formula is C26H35N3O3S. The van der Waals surface area contributed by atoms with Crippen molar-refractivity contribution in [2.45, 2.75) is 56.5 Å². The molecule has 1 aromatic carbocycles. The molecule has 0 fully saturated rings. The van der Waals surface area contributed by atoms with E-state index in [1.807, 2.05) is 43.6 Å². The van der Waals surface area contributed by atoms with Gasteiger partial charge < -0.3 is 15.2 Å². The third-order valence-corrected chi connectivity index (χ3v) is 6.88. The monoisotopic (exact) mass is 469 g/mol. The number of nitrogens with zero attached hydrogens (tertiary/aromatic N) is 2. The zero-order valence-electron chi connectivity index (χ0n) is 19.6. The number of aromatic nitrogens is 2. The van der Waals surface area contributed by atoms with Gasteiger partial charge in [0.25, 0.3) is 0 Å². The second-order valence-corrected chi connectivity index (χ2v) is 9.76. The highest BCUT2D eigenvalue weighted by Gasteiger charge is 2.25. The van der Waals surface area contributed by atoms with E-state index in [-0.39, 0.29) is 23.8 Å². The fraction of sp³-hybridized carbons (Fsp3) is 0.500. The van der Waals surface area contributed by atoms with Crippen LogP contribution in [0.4, 0.5) is 0 Å². The topological polar surface area (TPSA) is 87.3 Å². The first-order valence-electron chi connectivity index (χ1n) is 11.7. The van der Waals surface area contributed by atoms with Crippen molar-refractivity contribution < 1.29 is 14.3 Å². The number of fused-ring (bicyclic) bond motifs is 1. The Hall–Kier alpha value is -2.38. The summed E-state index contributed by atoms with van der Waals surface area (Å²) < 4.78 is 11.2. The van der Waals surface area contributed by atoms with E-state index in [9.17, 15) is 4.79 Å². The summed E-state index contributed by atoms with van der Waals surface area (Å²) in [5.74, 6) is 2.17. The molecule has 33 heavy (non-hydrogen) atoms. The van der Waals surface area contributed by atoms with E-state index in [2.05, 4.69) is 24.6 Å². The number of benzene rings is 1. The first-order valence-corrected chi connectivity index (χ1v) is 12.7. The highest BCUT2D eigenvalue weighted by Crippen LogP contribution is 2.36. The number of ether oxygens (including phenoxy) is 2. The molecule has 2 aromatic rings. The molecule has 1 aliphatic heterocycles. The van der Waals surface area contributed by atoms with Gasteiger partial charge in [0.2, 0.25) is 0 Å². The second-order valence-electron chi connectivity index (χ2n) is 8.64. The van der Waals surface area contributed by atoms with Crippen LogP contribution in [0.1, 0.15) is 62.7 Å². The van der Waals surface area contributed by atoms with Gasteiger partial charge in [-0.15, -0.1) is 18.3 Å². The molecule has 0 saturated heterocycles. The van der Waals surface area contributed by atoms with Crippen molar-refractivity contribution in [3.8, 4) is 5.75 Å². The van der Waals surface area contributed by atoms with Crippen LogP contribution in [-0.2, 0) is 9.53 Å². The smallest absolute Gasteiger partial charge is 0.306 e. The first kappa shape index (κ1) is 25.2. The molecule has 2 heterocycles. The Morgan fingerprint density at radius 1 is 1.27 bits per heavy atom. The van der Waals surface area contributed by atoms with Gasteiger partial charge in [0, 0.05) is 35.4 Å². The molecule has 0 bridgehead atoms. The Morgan fingerprint density at radius 2 is 2.09 bits per heavy atom. The number of carbonyl (C=O) groups excluding carboxylic acids is 1. The highest BCUT2D eigenvalue weighted by molar-refractivity contribution is 7.99. The zero-order chi connectivity index (χ0) is 23.6. The SMILES string of the molecule is C=CC1COc2ccccc2C(N)C[C@H](C)CC(c2cnc(SCCC(=O)OCC)cn2)C1. The number of esters is 1. The Kier molecular flexibility index (Phi) is 9.76. The lowest BCUT2D eigenvalue weighted by molar-refractivity contribution is -0.142. The molecule has 6 nitrogen and oxygen atoms in total. The third-order valence-electron chi connectivity index (χ3n) is 5.96. The maximum Gasteiger partial charge on any atom is 0.306 e. The van der Waals surface area contributed by atoms with Gasteiger partial charge in [-0.3, -0.25) is 9.78 Å². The number of thioether (sulfide) groups is 1. The predicted octanol–water partition coefficient (Wildman–Crippen LogP) is 5.31. The van der Waals surface area contributed by atoms with Crippen LogP contribution < -0.4 is 10.5 Å². The molecule has 2 N–H and O–H groups in total. The maximum absolute atomic E-state index is 11.5. The van der Waals surface area contributed by atoms with Crippen LogP contribution >= 0.6 is 11.8 Å². The van der Waals surface area contributed by atoms with Crippen LogP contribution in [0.2, 0.25) is 0 Å². The predicted molar refractivity (Wildman–Crippen MR) is 132 cm³/mol. The minimum Gasteiger partial charge on any atom is -0.493 e. The van der Waals surface area contributed by atoms with Crippen molar-refractivity contribution in [3.05, 3.63) is 60.6 Å². The van der Waals surface area contributed by atoms with Crippen LogP contribution in [0.3, 0.4) is 0 Å². The minimum absolute atomic E-state index is 0.0682. The Balaban J connectivity index is 1.70. The van der Waals surface area contributed by atoms with E-state index >= 15 is 0 Å². The molecule has 1 aromatic heterocycles. The lowest BCUT2D eigenvalue weighted by Gasteiger charge is -2.24. The molecule has 7 heteroatoms. The number of rotatable bonds is 7. The largest absolute Gasteiger partial charge is 0.493 e. The minimum atomic E-state index is -0.181. The van der Waals surface area contributed by atoms with E-state index in [1.54, 1.807) is 0 Å². The maximum atomic E-state index is 11.5. The molecule has 1 aliphatic rings. The van der Waals surface area contributed by atoms with Crippen molar-refractivity contribution in [3.63, 3.8) is 0 Å². The van der Waals surface area contributed by atoms with Gasteiger partial charge in [-0.25, -0.2) is 4.98 Å². The quantitative estimate of drug-likeness (QED) is 0.334. The van der Waals surface area contributed by atoms with Crippen molar-refractivity contribution in [2.75, 3.05) is 19.0 Å². The molecule has 3 unspecified atom stereocenters. The van der Waals surface area contributed by atoms with E-state index in [4.69, 9.17) is 20.2 Å². The average molecular weight is 470 g/mol. The molecule has 0 saturated carbocycles. The van der Waals surface area contributed by atoms with Crippen molar-refractivity contribution in [2.24, 2.45) is 17.6 Å². The normalized spacial score (nSPS) is 23.5. The summed E-state index contributed by atoms with van der Waals surface area (Å²) >= 11 is 1.52. The molecule has 0 amide bonds. The number of nitrogens with two attached hydrogens (primary N) is 1. The van der Waals surface area contributed by atoms with E-state index in [0.29, 0.717) is 31.3 Å². The van der Waals surface area contributed by atoms with Gasteiger partial charge in [-0.1, -0.05) is 31.2 Å². The number of para-hydroxylation sites is 1.